The number of carbonyl (C=O) groups excluding carboxylic acids is 1. The summed E-state index contributed by atoms with van der Waals surface area (Å²) in [5.74, 6) is 0.764. The number of hydrogen-bond acceptors (Lipinski definition) is 5. The Balaban J connectivity index is 2.01. The smallest absolute Gasteiger partial charge is 0.243 e. The monoisotopic (exact) mass is 304 g/mol. The van der Waals surface area contributed by atoms with Gasteiger partial charge in [-0.3, -0.25) is 4.79 Å². The molecule has 1 N–H and O–H groups in total. The van der Waals surface area contributed by atoms with E-state index in [1.54, 1.807) is 0 Å². The van der Waals surface area contributed by atoms with Crippen LogP contribution in [0.25, 0.3) is 0 Å². The first-order valence-electron chi connectivity index (χ1n) is 6.91. The van der Waals surface area contributed by atoms with E-state index in [1.807, 2.05) is 50.9 Å². The summed E-state index contributed by atoms with van der Waals surface area (Å²) < 4.78 is 4.23. The van der Waals surface area contributed by atoms with Gasteiger partial charge < -0.3 is 10.2 Å². The molecule has 0 radical (unpaired) electrons. The highest BCUT2D eigenvalue weighted by Gasteiger charge is 2.13. The van der Waals surface area contributed by atoms with Gasteiger partial charge in [-0.2, -0.15) is 4.37 Å². The van der Waals surface area contributed by atoms with Crippen LogP contribution in [0.4, 0.5) is 10.8 Å². The molecule has 2 rings (SSSR count). The Morgan fingerprint density at radius 3 is 2.57 bits per heavy atom. The average Bonchev–Trinajstić information content (AvgIpc) is 2.92. The molecule has 21 heavy (non-hydrogen) atoms. The van der Waals surface area contributed by atoms with E-state index in [0.717, 1.165) is 34.2 Å². The Labute approximate surface area is 129 Å². The number of anilines is 2. The molecule has 5 nitrogen and oxygen atoms in total. The lowest BCUT2D eigenvalue weighted by molar-refractivity contribution is -0.114. The van der Waals surface area contributed by atoms with Crippen molar-refractivity contribution in [3.63, 3.8) is 0 Å². The van der Waals surface area contributed by atoms with E-state index in [2.05, 4.69) is 14.7 Å². The first-order valence-corrected chi connectivity index (χ1v) is 7.68. The van der Waals surface area contributed by atoms with E-state index in [-0.39, 0.29) is 12.5 Å². The Hall–Kier alpha value is -1.95. The standard InChI is InChI=1S/C15H20N4OS/c1-5-12-16-15(21-18-12)19(4)9-13(20)17-14-10(2)7-6-8-11(14)3/h6-8H,5,9H2,1-4H3,(H,17,20). The summed E-state index contributed by atoms with van der Waals surface area (Å²) in [5.41, 5.74) is 3.02. The first kappa shape index (κ1) is 15.4. The Bertz CT molecular complexity index is 618. The van der Waals surface area contributed by atoms with Crippen LogP contribution in [0.2, 0.25) is 0 Å². The highest BCUT2D eigenvalue weighted by atomic mass is 32.1. The summed E-state index contributed by atoms with van der Waals surface area (Å²) in [4.78, 5) is 18.4. The highest BCUT2D eigenvalue weighted by Crippen LogP contribution is 2.20. The number of nitrogens with zero attached hydrogens (tertiary/aromatic N) is 3. The number of amides is 1. The lowest BCUT2D eigenvalue weighted by Gasteiger charge is -2.16. The van der Waals surface area contributed by atoms with Gasteiger partial charge in [0.1, 0.15) is 5.82 Å². The number of aromatic nitrogens is 2. The second-order valence-corrected chi connectivity index (χ2v) is 5.75. The molecule has 1 aromatic heterocycles. The predicted octanol–water partition coefficient (Wildman–Crippen LogP) is 2.79. The Morgan fingerprint density at radius 1 is 1.33 bits per heavy atom. The predicted molar refractivity (Wildman–Crippen MR) is 87.1 cm³/mol. The van der Waals surface area contributed by atoms with Gasteiger partial charge in [0.05, 0.1) is 6.54 Å². The van der Waals surface area contributed by atoms with E-state index in [4.69, 9.17) is 0 Å². The van der Waals surface area contributed by atoms with Gasteiger partial charge >= 0.3 is 0 Å². The first-order chi connectivity index (χ1) is 10.0. The van der Waals surface area contributed by atoms with Crippen molar-refractivity contribution >= 4 is 28.3 Å². The van der Waals surface area contributed by atoms with Gasteiger partial charge in [0, 0.05) is 30.7 Å². The summed E-state index contributed by atoms with van der Waals surface area (Å²) in [6, 6.07) is 5.97. The van der Waals surface area contributed by atoms with Gasteiger partial charge in [0.25, 0.3) is 0 Å². The molecular formula is C15H20N4OS. The van der Waals surface area contributed by atoms with Crippen molar-refractivity contribution in [3.05, 3.63) is 35.2 Å². The van der Waals surface area contributed by atoms with Gasteiger partial charge in [-0.25, -0.2) is 4.98 Å². The van der Waals surface area contributed by atoms with Crippen molar-refractivity contribution in [2.24, 2.45) is 0 Å². The zero-order valence-electron chi connectivity index (χ0n) is 12.8. The van der Waals surface area contributed by atoms with Gasteiger partial charge in [-0.05, 0) is 25.0 Å². The van der Waals surface area contributed by atoms with Crippen molar-refractivity contribution in [2.45, 2.75) is 27.2 Å². The third kappa shape index (κ3) is 3.78. The summed E-state index contributed by atoms with van der Waals surface area (Å²) in [6.45, 7) is 6.25. The van der Waals surface area contributed by atoms with Crippen LogP contribution in [0.3, 0.4) is 0 Å². The second-order valence-electron chi connectivity index (χ2n) is 5.02. The molecule has 0 unspecified atom stereocenters. The fourth-order valence-corrected chi connectivity index (χ4v) is 2.72. The third-order valence-electron chi connectivity index (χ3n) is 3.23. The number of hydrogen-bond donors (Lipinski definition) is 1. The van der Waals surface area contributed by atoms with Gasteiger partial charge in [-0.1, -0.05) is 25.1 Å². The number of nitrogens with one attached hydrogen (secondary N) is 1. The Kier molecular flexibility index (Phi) is 4.90. The van der Waals surface area contributed by atoms with E-state index in [1.165, 1.54) is 11.5 Å². The quantitative estimate of drug-likeness (QED) is 0.923. The maximum atomic E-state index is 12.2. The fraction of sp³-hybridized carbons (Fsp3) is 0.400. The maximum Gasteiger partial charge on any atom is 0.243 e. The van der Waals surface area contributed by atoms with E-state index in [9.17, 15) is 4.79 Å². The van der Waals surface area contributed by atoms with Crippen LogP contribution in [0.15, 0.2) is 18.2 Å². The molecule has 6 heteroatoms. The number of para-hydroxylation sites is 1. The number of likely N-dealkylation sites (N-methyl/N-ethyl adjacent to an activating group) is 1. The van der Waals surface area contributed by atoms with Gasteiger partial charge in [0.15, 0.2) is 0 Å². The molecule has 0 atom stereocenters. The molecule has 1 heterocycles. The summed E-state index contributed by atoms with van der Waals surface area (Å²) in [6.07, 6.45) is 0.805. The average molecular weight is 304 g/mol. The Morgan fingerprint density at radius 2 is 2.00 bits per heavy atom. The molecule has 2 aromatic rings. The molecule has 0 spiro atoms. The summed E-state index contributed by atoms with van der Waals surface area (Å²) >= 11 is 1.32. The van der Waals surface area contributed by atoms with Gasteiger partial charge in [-0.15, -0.1) is 0 Å². The van der Waals surface area contributed by atoms with E-state index in [0.29, 0.717) is 0 Å². The maximum absolute atomic E-state index is 12.2. The summed E-state index contributed by atoms with van der Waals surface area (Å²) in [5, 5.41) is 3.74. The minimum Gasteiger partial charge on any atom is -0.341 e. The normalized spacial score (nSPS) is 10.5. The SMILES string of the molecule is CCc1nsc(N(C)CC(=O)Nc2c(C)cccc2C)n1. The van der Waals surface area contributed by atoms with Crippen molar-refractivity contribution in [1.82, 2.24) is 9.36 Å². The highest BCUT2D eigenvalue weighted by molar-refractivity contribution is 7.09. The molecule has 1 aromatic carbocycles. The molecule has 0 aliphatic heterocycles. The van der Waals surface area contributed by atoms with E-state index < -0.39 is 0 Å². The molecule has 0 saturated heterocycles. The van der Waals surface area contributed by atoms with Crippen LogP contribution >= 0.6 is 11.5 Å². The number of aryl methyl sites for hydroxylation is 3. The zero-order chi connectivity index (χ0) is 15.4. The minimum absolute atomic E-state index is 0.0526. The fourth-order valence-electron chi connectivity index (χ4n) is 2.02. The van der Waals surface area contributed by atoms with Crippen molar-refractivity contribution in [2.75, 3.05) is 23.8 Å². The molecular weight excluding hydrogens is 284 g/mol. The molecule has 0 fully saturated rings. The third-order valence-corrected chi connectivity index (χ3v) is 4.09. The van der Waals surface area contributed by atoms with E-state index >= 15 is 0 Å². The lowest BCUT2D eigenvalue weighted by Crippen LogP contribution is -2.30. The lowest BCUT2D eigenvalue weighted by atomic mass is 10.1. The van der Waals surface area contributed by atoms with Gasteiger partial charge in [0.2, 0.25) is 11.0 Å². The number of rotatable bonds is 5. The molecule has 1 amide bonds. The number of carbonyl (C=O) groups is 1. The molecule has 0 aliphatic carbocycles. The van der Waals surface area contributed by atoms with Crippen LogP contribution in [0.5, 0.6) is 0 Å². The minimum atomic E-state index is -0.0526. The number of benzene rings is 1. The van der Waals surface area contributed by atoms with Crippen LogP contribution in [0, 0.1) is 13.8 Å². The molecule has 0 bridgehead atoms. The van der Waals surface area contributed by atoms with Crippen molar-refractivity contribution in [3.8, 4) is 0 Å². The van der Waals surface area contributed by atoms with Crippen LogP contribution < -0.4 is 10.2 Å². The van der Waals surface area contributed by atoms with Crippen LogP contribution in [0.1, 0.15) is 23.9 Å². The van der Waals surface area contributed by atoms with Crippen LogP contribution in [-0.4, -0.2) is 28.9 Å². The summed E-state index contributed by atoms with van der Waals surface area (Å²) in [7, 11) is 1.85. The van der Waals surface area contributed by atoms with Crippen molar-refractivity contribution in [1.29, 1.82) is 0 Å². The van der Waals surface area contributed by atoms with Crippen molar-refractivity contribution < 1.29 is 4.79 Å². The zero-order valence-corrected chi connectivity index (χ0v) is 13.6. The molecule has 0 saturated carbocycles. The topological polar surface area (TPSA) is 58.1 Å². The molecule has 0 aliphatic rings. The second kappa shape index (κ2) is 6.67. The van der Waals surface area contributed by atoms with Crippen LogP contribution in [-0.2, 0) is 11.2 Å². The molecule has 112 valence electrons. The largest absolute Gasteiger partial charge is 0.341 e.